The zero-order valence-electron chi connectivity index (χ0n) is 43.1. The van der Waals surface area contributed by atoms with Crippen molar-refractivity contribution in [3.63, 3.8) is 0 Å². The summed E-state index contributed by atoms with van der Waals surface area (Å²) in [7, 11) is 3.51. The van der Waals surface area contributed by atoms with Gasteiger partial charge in [-0.05, 0) is 116 Å². The number of aliphatic carboxylic acids is 2. The first-order chi connectivity index (χ1) is 33.5. The number of benzene rings is 3. The largest absolute Gasteiger partial charge is 0.744 e. The van der Waals surface area contributed by atoms with Crippen LogP contribution < -0.4 is 14.7 Å². The number of rotatable bonds is 18. The zero-order chi connectivity index (χ0) is 54.7. The van der Waals surface area contributed by atoms with Gasteiger partial charge in [0, 0.05) is 53.9 Å². The van der Waals surface area contributed by atoms with Gasteiger partial charge < -0.3 is 42.7 Å². The third-order valence-corrected chi connectivity index (χ3v) is 14.8. The van der Waals surface area contributed by atoms with Crippen molar-refractivity contribution in [3.8, 4) is 5.75 Å². The van der Waals surface area contributed by atoms with Crippen LogP contribution in [-0.4, -0.2) is 137 Å². The Bertz CT molecular complexity index is 2980. The highest BCUT2D eigenvalue weighted by Crippen LogP contribution is 2.49. The van der Waals surface area contributed by atoms with Crippen LogP contribution >= 0.6 is 0 Å². The fourth-order valence-electron chi connectivity index (χ4n) is 9.31. The molecule has 0 bridgehead atoms. The maximum atomic E-state index is 12.2. The number of aryl methyl sites for hydroxylation is 1. The van der Waals surface area contributed by atoms with Crippen molar-refractivity contribution in [2.24, 2.45) is 0 Å². The van der Waals surface area contributed by atoms with Crippen LogP contribution in [0.3, 0.4) is 0 Å². The summed E-state index contributed by atoms with van der Waals surface area (Å²) in [6.45, 7) is 11.4. The molecule has 1 aliphatic carbocycles. The Morgan fingerprint density at radius 3 is 1.90 bits per heavy atom. The van der Waals surface area contributed by atoms with Gasteiger partial charge in [-0.3, -0.25) is 4.79 Å². The molecule has 3 aliphatic rings. The number of carbonyl (C=O) groups is 2. The Kier molecular flexibility index (Phi) is 17.6. The van der Waals surface area contributed by atoms with E-state index in [2.05, 4.69) is 76.1 Å². The van der Waals surface area contributed by atoms with E-state index in [4.69, 9.17) is 14.6 Å². The molecule has 0 atom stereocenters. The Morgan fingerprint density at radius 1 is 0.795 bits per heavy atom. The molecular weight excluding hydrogens is 990 g/mol. The second-order valence-electron chi connectivity index (χ2n) is 21.6. The number of alkyl halides is 3. The number of hydrogen-bond donors (Lipinski definition) is 1. The molecule has 0 fully saturated rings. The lowest BCUT2D eigenvalue weighted by molar-refractivity contribution is -0.871. The fourth-order valence-corrected chi connectivity index (χ4v) is 10.3. The Balaban J connectivity index is 0.00000131. The second kappa shape index (κ2) is 22.1. The van der Waals surface area contributed by atoms with E-state index in [0.29, 0.717) is 43.9 Å². The highest BCUT2D eigenvalue weighted by Gasteiger charge is 2.45. The molecule has 0 amide bonds. The number of quaternary nitrogens is 2. The molecule has 0 saturated heterocycles. The Morgan fingerprint density at radius 2 is 1.36 bits per heavy atom. The monoisotopic (exact) mass is 1060 g/mol. The Hall–Kier alpha value is -5.64. The summed E-state index contributed by atoms with van der Waals surface area (Å²) in [6, 6.07) is 16.8. The van der Waals surface area contributed by atoms with E-state index in [1.54, 1.807) is 12.1 Å². The average Bonchev–Trinajstić information content (AvgIpc) is 3.60. The molecule has 398 valence electrons. The van der Waals surface area contributed by atoms with Crippen molar-refractivity contribution in [1.29, 1.82) is 0 Å². The molecule has 15 nitrogen and oxygen atoms in total. The number of halogens is 3. The third-order valence-electron chi connectivity index (χ3n) is 13.1. The van der Waals surface area contributed by atoms with Crippen molar-refractivity contribution in [3.05, 3.63) is 124 Å². The van der Waals surface area contributed by atoms with E-state index in [0.717, 1.165) is 91.9 Å². The van der Waals surface area contributed by atoms with Crippen LogP contribution in [0.2, 0.25) is 0 Å². The first-order valence-corrected chi connectivity index (χ1v) is 26.7. The first-order valence-electron chi connectivity index (χ1n) is 23.8. The molecule has 0 unspecified atom stereocenters. The van der Waals surface area contributed by atoms with Gasteiger partial charge >= 0.3 is 12.1 Å². The van der Waals surface area contributed by atoms with Crippen LogP contribution in [0, 0.1) is 0 Å². The third kappa shape index (κ3) is 15.0. The molecule has 0 spiro atoms. The van der Waals surface area contributed by atoms with E-state index in [1.165, 1.54) is 24.3 Å². The first kappa shape index (κ1) is 58.3. The van der Waals surface area contributed by atoms with Gasteiger partial charge in [-0.15, -0.1) is 0 Å². The molecule has 0 saturated carbocycles. The molecular formula is C53H67F3N4O11S2. The maximum absolute atomic E-state index is 12.2. The molecule has 0 aromatic heterocycles. The SMILES string of the molecule is CC1(C)C(/C=C/C2=C(Oc3ccc(CCC(=O)O)cc3)C(=C/C=C3\N(CCC[N+](C)(C)C)c4ccc(S(=O)(=O)[O-])cc4C3(C)C)/CCC2)=[N+](CCC[N+](C)(C)C)c2ccc(S(=O)(=O)[O-])cc21.O=C([O-])C(F)(F)F. The van der Waals surface area contributed by atoms with Crippen molar-refractivity contribution in [1.82, 2.24) is 0 Å². The molecule has 2 aliphatic heterocycles. The maximum Gasteiger partial charge on any atom is 0.430 e. The molecule has 0 radical (unpaired) electrons. The number of ether oxygens (including phenoxy) is 1. The van der Waals surface area contributed by atoms with Crippen molar-refractivity contribution in [2.75, 3.05) is 73.4 Å². The molecule has 1 N–H and O–H groups in total. The van der Waals surface area contributed by atoms with E-state index in [-0.39, 0.29) is 16.2 Å². The number of fused-ring (bicyclic) bond motifs is 2. The summed E-state index contributed by atoms with van der Waals surface area (Å²) < 4.78 is 115. The number of nitrogens with zero attached hydrogens (tertiary/aromatic N) is 4. The summed E-state index contributed by atoms with van der Waals surface area (Å²) in [5, 5.41) is 18.1. The zero-order valence-corrected chi connectivity index (χ0v) is 44.8. The molecule has 2 heterocycles. The minimum absolute atomic E-state index is 0.0157. The lowest BCUT2D eigenvalue weighted by Gasteiger charge is -2.29. The fraction of sp³-hybridized carbons (Fsp3) is 0.453. The highest BCUT2D eigenvalue weighted by molar-refractivity contribution is 7.86. The van der Waals surface area contributed by atoms with Crippen molar-refractivity contribution in [2.45, 2.75) is 99.4 Å². The molecule has 3 aromatic carbocycles. The van der Waals surface area contributed by atoms with Crippen LogP contribution in [0.1, 0.15) is 82.9 Å². The van der Waals surface area contributed by atoms with Gasteiger partial charge in [0.05, 0.1) is 77.0 Å². The summed E-state index contributed by atoms with van der Waals surface area (Å²) in [5.41, 5.74) is 6.65. The van der Waals surface area contributed by atoms with Gasteiger partial charge in [-0.1, -0.05) is 32.1 Å². The predicted molar refractivity (Wildman–Crippen MR) is 267 cm³/mol. The highest BCUT2D eigenvalue weighted by atomic mass is 32.2. The normalized spacial score (nSPS) is 18.0. The van der Waals surface area contributed by atoms with E-state index in [9.17, 15) is 49.0 Å². The van der Waals surface area contributed by atoms with Crippen LogP contribution in [-0.2, 0) is 47.1 Å². The average molecular weight is 1060 g/mol. The summed E-state index contributed by atoms with van der Waals surface area (Å²) in [4.78, 5) is 21.8. The predicted octanol–water partition coefficient (Wildman–Crippen LogP) is 7.06. The van der Waals surface area contributed by atoms with Gasteiger partial charge in [0.25, 0.3) is 0 Å². The minimum Gasteiger partial charge on any atom is -0.744 e. The van der Waals surface area contributed by atoms with Gasteiger partial charge in [0.15, 0.2) is 12.3 Å². The van der Waals surface area contributed by atoms with E-state index >= 15 is 0 Å². The lowest BCUT2D eigenvalue weighted by Crippen LogP contribution is -2.37. The van der Waals surface area contributed by atoms with Gasteiger partial charge in [-0.2, -0.15) is 17.7 Å². The minimum atomic E-state index is -5.19. The second-order valence-corrected chi connectivity index (χ2v) is 24.4. The van der Waals surface area contributed by atoms with E-state index < -0.39 is 49.2 Å². The number of carboxylic acid groups (broad SMARTS) is 2. The van der Waals surface area contributed by atoms with Gasteiger partial charge in [-0.25, -0.2) is 16.8 Å². The standard InChI is InChI=1S/C51H66N4O9S2.C2HF3O2/c1-50(2)42-34-40(65(58,59)60)23-25-44(42)52(30-12-32-54(5,6)7)46(50)27-19-37-14-11-15-38(49(37)64-39-21-16-36(17-22-39)18-29-48(56)57)20-28-47-51(3,4)43-35-41(66(61,62)63)24-26-45(43)53(47)31-13-33-55(8,9)10;3-2(4,5)1(6)7/h16-17,19-28,34-35H,11-15,18,29-33H2,1-10H3;(H,6,7). The lowest BCUT2D eigenvalue weighted by atomic mass is 9.81. The van der Waals surface area contributed by atoms with Crippen LogP contribution in [0.15, 0.2) is 117 Å². The van der Waals surface area contributed by atoms with Crippen molar-refractivity contribution >= 4 is 49.3 Å². The number of carbonyl (C=O) groups excluding carboxylic acids is 1. The number of anilines is 1. The van der Waals surface area contributed by atoms with Crippen LogP contribution in [0.5, 0.6) is 5.75 Å². The van der Waals surface area contributed by atoms with Crippen LogP contribution in [0.25, 0.3) is 0 Å². The Labute approximate surface area is 427 Å². The van der Waals surface area contributed by atoms with Gasteiger partial charge in [0.2, 0.25) is 5.69 Å². The van der Waals surface area contributed by atoms with Crippen molar-refractivity contribution < 1.29 is 77.2 Å². The van der Waals surface area contributed by atoms with Crippen LogP contribution in [0.4, 0.5) is 24.5 Å². The molecule has 73 heavy (non-hydrogen) atoms. The molecule has 3 aromatic rings. The van der Waals surface area contributed by atoms with Gasteiger partial charge in [0.1, 0.15) is 37.7 Å². The summed E-state index contributed by atoms with van der Waals surface area (Å²) in [5.74, 6) is -2.60. The summed E-state index contributed by atoms with van der Waals surface area (Å²) >= 11 is 0. The van der Waals surface area contributed by atoms with E-state index in [1.807, 2.05) is 52.0 Å². The topological polar surface area (TPSA) is 207 Å². The number of hydrogen-bond acceptors (Lipinski definition) is 11. The summed E-state index contributed by atoms with van der Waals surface area (Å²) in [6.07, 6.45) is 7.55. The quantitative estimate of drug-likeness (QED) is 0.0772. The molecule has 6 rings (SSSR count). The number of allylic oxidation sites excluding steroid dienone is 7. The smallest absolute Gasteiger partial charge is 0.430 e. The number of carboxylic acids is 2. The molecule has 20 heteroatoms.